The number of nitrogens with one attached hydrogen (secondary N) is 1. The van der Waals surface area contributed by atoms with Crippen molar-refractivity contribution in [3.8, 4) is 5.75 Å². The van der Waals surface area contributed by atoms with Crippen molar-refractivity contribution in [2.45, 2.75) is 17.9 Å². The SMILES string of the molecule is COC(=O)[C@H](C)Nc1ccc(OC)c(S(=O)(=O)N(C)C)c1. The lowest BCUT2D eigenvalue weighted by Crippen LogP contribution is -2.27. The highest BCUT2D eigenvalue weighted by Gasteiger charge is 2.23. The zero-order valence-corrected chi connectivity index (χ0v) is 13.5. The van der Waals surface area contributed by atoms with E-state index in [9.17, 15) is 13.2 Å². The Morgan fingerprint density at radius 1 is 1.29 bits per heavy atom. The van der Waals surface area contributed by atoms with Gasteiger partial charge in [0.15, 0.2) is 0 Å². The van der Waals surface area contributed by atoms with Crippen LogP contribution in [0, 0.1) is 0 Å². The third kappa shape index (κ3) is 3.85. The van der Waals surface area contributed by atoms with Crippen LogP contribution in [-0.4, -0.2) is 53.0 Å². The molecular formula is C13H20N2O5S. The van der Waals surface area contributed by atoms with E-state index in [0.717, 1.165) is 4.31 Å². The topological polar surface area (TPSA) is 84.9 Å². The second kappa shape index (κ2) is 6.77. The number of carbonyl (C=O) groups is 1. The minimum absolute atomic E-state index is 0.0251. The average molecular weight is 316 g/mol. The molecule has 21 heavy (non-hydrogen) atoms. The van der Waals surface area contributed by atoms with Gasteiger partial charge in [0.2, 0.25) is 10.0 Å². The zero-order chi connectivity index (χ0) is 16.2. The predicted octanol–water partition coefficient (Wildman–Crippen LogP) is 0.919. The van der Waals surface area contributed by atoms with Crippen LogP contribution in [0.4, 0.5) is 5.69 Å². The van der Waals surface area contributed by atoms with E-state index >= 15 is 0 Å². The fraction of sp³-hybridized carbons (Fsp3) is 0.462. The first-order chi connectivity index (χ1) is 9.73. The van der Waals surface area contributed by atoms with Crippen LogP contribution in [-0.2, 0) is 19.6 Å². The van der Waals surface area contributed by atoms with Crippen molar-refractivity contribution < 1.29 is 22.7 Å². The van der Waals surface area contributed by atoms with Gasteiger partial charge in [0.25, 0.3) is 0 Å². The van der Waals surface area contributed by atoms with E-state index in [2.05, 4.69) is 10.1 Å². The summed E-state index contributed by atoms with van der Waals surface area (Å²) in [5.41, 5.74) is 0.481. The third-order valence-electron chi connectivity index (χ3n) is 2.86. The van der Waals surface area contributed by atoms with E-state index in [1.54, 1.807) is 13.0 Å². The molecule has 1 atom stereocenters. The van der Waals surface area contributed by atoms with Crippen LogP contribution in [0.1, 0.15) is 6.92 Å². The fourth-order valence-electron chi connectivity index (χ4n) is 1.65. The molecule has 8 heteroatoms. The molecule has 0 unspecified atom stereocenters. The van der Waals surface area contributed by atoms with Crippen molar-refractivity contribution in [3.63, 3.8) is 0 Å². The molecule has 1 aromatic carbocycles. The van der Waals surface area contributed by atoms with E-state index in [1.165, 1.54) is 40.4 Å². The van der Waals surface area contributed by atoms with Crippen molar-refractivity contribution >= 4 is 21.7 Å². The van der Waals surface area contributed by atoms with Gasteiger partial charge in [-0.2, -0.15) is 0 Å². The molecule has 0 amide bonds. The van der Waals surface area contributed by atoms with E-state index in [4.69, 9.17) is 4.74 Å². The summed E-state index contributed by atoms with van der Waals surface area (Å²) in [6.45, 7) is 1.62. The minimum Gasteiger partial charge on any atom is -0.495 e. The second-order valence-electron chi connectivity index (χ2n) is 4.54. The maximum atomic E-state index is 12.3. The van der Waals surface area contributed by atoms with E-state index in [0.29, 0.717) is 5.69 Å². The van der Waals surface area contributed by atoms with E-state index in [1.807, 2.05) is 0 Å². The van der Waals surface area contributed by atoms with Crippen molar-refractivity contribution in [3.05, 3.63) is 18.2 Å². The molecule has 118 valence electrons. The molecule has 0 saturated heterocycles. The molecule has 0 aromatic heterocycles. The maximum absolute atomic E-state index is 12.3. The van der Waals surface area contributed by atoms with Gasteiger partial charge in [-0.1, -0.05) is 0 Å². The summed E-state index contributed by atoms with van der Waals surface area (Å²) in [6.07, 6.45) is 0. The standard InChI is InChI=1S/C13H20N2O5S/c1-9(13(16)20-5)14-10-6-7-11(19-4)12(8-10)21(17,18)15(2)3/h6-9,14H,1-5H3/t9-/m0/s1. The van der Waals surface area contributed by atoms with Gasteiger partial charge in [-0.15, -0.1) is 0 Å². The molecule has 1 rings (SSSR count). The molecule has 1 aromatic rings. The van der Waals surface area contributed by atoms with Gasteiger partial charge in [0, 0.05) is 19.8 Å². The summed E-state index contributed by atoms with van der Waals surface area (Å²) >= 11 is 0. The monoisotopic (exact) mass is 316 g/mol. The summed E-state index contributed by atoms with van der Waals surface area (Å²) in [4.78, 5) is 11.4. The average Bonchev–Trinajstić information content (AvgIpc) is 2.45. The van der Waals surface area contributed by atoms with Crippen LogP contribution in [0.2, 0.25) is 0 Å². The van der Waals surface area contributed by atoms with Gasteiger partial charge in [0.1, 0.15) is 16.7 Å². The zero-order valence-electron chi connectivity index (χ0n) is 12.7. The maximum Gasteiger partial charge on any atom is 0.327 e. The van der Waals surface area contributed by atoms with Gasteiger partial charge in [-0.25, -0.2) is 17.5 Å². The van der Waals surface area contributed by atoms with Crippen molar-refractivity contribution in [2.24, 2.45) is 0 Å². The number of nitrogens with zero attached hydrogens (tertiary/aromatic N) is 1. The number of benzene rings is 1. The van der Waals surface area contributed by atoms with E-state index < -0.39 is 22.0 Å². The third-order valence-corrected chi connectivity index (χ3v) is 4.70. The lowest BCUT2D eigenvalue weighted by Gasteiger charge is -2.17. The molecule has 0 aliphatic rings. The molecule has 0 aliphatic heterocycles. The smallest absolute Gasteiger partial charge is 0.327 e. The van der Waals surface area contributed by atoms with Gasteiger partial charge >= 0.3 is 5.97 Å². The van der Waals surface area contributed by atoms with Crippen LogP contribution in [0.15, 0.2) is 23.1 Å². The van der Waals surface area contributed by atoms with Crippen LogP contribution >= 0.6 is 0 Å². The lowest BCUT2D eigenvalue weighted by atomic mass is 10.2. The summed E-state index contributed by atoms with van der Waals surface area (Å²) in [6, 6.07) is 3.99. The predicted molar refractivity (Wildman–Crippen MR) is 79.0 cm³/mol. The molecule has 0 radical (unpaired) electrons. The number of hydrogen-bond acceptors (Lipinski definition) is 6. The van der Waals surface area contributed by atoms with Crippen LogP contribution in [0.25, 0.3) is 0 Å². The van der Waals surface area contributed by atoms with Crippen LogP contribution in [0.3, 0.4) is 0 Å². The van der Waals surface area contributed by atoms with Gasteiger partial charge in [0.05, 0.1) is 14.2 Å². The summed E-state index contributed by atoms with van der Waals surface area (Å²) in [5.74, 6) is -0.206. The molecule has 1 N–H and O–H groups in total. The highest BCUT2D eigenvalue weighted by molar-refractivity contribution is 7.89. The minimum atomic E-state index is -3.65. The first-order valence-corrected chi connectivity index (χ1v) is 7.63. The van der Waals surface area contributed by atoms with Crippen LogP contribution in [0.5, 0.6) is 5.75 Å². The number of methoxy groups -OCH3 is 2. The number of esters is 1. The number of sulfonamides is 1. The number of ether oxygens (including phenoxy) is 2. The number of carbonyl (C=O) groups excluding carboxylic acids is 1. The Morgan fingerprint density at radius 2 is 1.90 bits per heavy atom. The Bertz CT molecular complexity index is 613. The Kier molecular flexibility index (Phi) is 5.56. The summed E-state index contributed by atoms with van der Waals surface area (Å²) < 4.78 is 35.3. The number of hydrogen-bond donors (Lipinski definition) is 1. The lowest BCUT2D eigenvalue weighted by molar-refractivity contribution is -0.141. The number of rotatable bonds is 6. The quantitative estimate of drug-likeness (QED) is 0.786. The molecule has 7 nitrogen and oxygen atoms in total. The van der Waals surface area contributed by atoms with Gasteiger partial charge < -0.3 is 14.8 Å². The molecule has 0 heterocycles. The molecule has 0 aliphatic carbocycles. The molecule has 0 saturated carbocycles. The van der Waals surface area contributed by atoms with Crippen molar-refractivity contribution in [1.82, 2.24) is 4.31 Å². The Balaban J connectivity index is 3.21. The molecule has 0 bridgehead atoms. The number of anilines is 1. The second-order valence-corrected chi connectivity index (χ2v) is 6.66. The van der Waals surface area contributed by atoms with Crippen molar-refractivity contribution in [2.75, 3.05) is 33.6 Å². The van der Waals surface area contributed by atoms with Crippen LogP contribution < -0.4 is 10.1 Å². The summed E-state index contributed by atoms with van der Waals surface area (Å²) in [7, 11) is 1.91. The molecule has 0 fully saturated rings. The van der Waals surface area contributed by atoms with Gasteiger partial charge in [-0.05, 0) is 25.1 Å². The Labute approximate surface area is 124 Å². The fourth-order valence-corrected chi connectivity index (χ4v) is 2.73. The summed E-state index contributed by atoms with van der Waals surface area (Å²) in [5, 5.41) is 2.88. The first-order valence-electron chi connectivity index (χ1n) is 6.19. The Hall–Kier alpha value is -1.80. The van der Waals surface area contributed by atoms with Gasteiger partial charge in [-0.3, -0.25) is 0 Å². The first kappa shape index (κ1) is 17.3. The molecular weight excluding hydrogens is 296 g/mol. The van der Waals surface area contributed by atoms with Crippen molar-refractivity contribution in [1.29, 1.82) is 0 Å². The highest BCUT2D eigenvalue weighted by Crippen LogP contribution is 2.29. The largest absolute Gasteiger partial charge is 0.495 e. The van der Waals surface area contributed by atoms with E-state index in [-0.39, 0.29) is 10.6 Å². The normalized spacial score (nSPS) is 12.9. The highest BCUT2D eigenvalue weighted by atomic mass is 32.2. The Morgan fingerprint density at radius 3 is 2.38 bits per heavy atom. The molecule has 0 spiro atoms.